The Hall–Kier alpha value is -1.10. The summed E-state index contributed by atoms with van der Waals surface area (Å²) in [5.41, 5.74) is 1.85. The van der Waals surface area contributed by atoms with Crippen LogP contribution in [0.3, 0.4) is 0 Å². The third-order valence-electron chi connectivity index (χ3n) is 3.79. The van der Waals surface area contributed by atoms with Gasteiger partial charge in [-0.2, -0.15) is 0 Å². The first-order valence-electron chi connectivity index (χ1n) is 8.37. The highest BCUT2D eigenvalue weighted by molar-refractivity contribution is 14.1. The minimum atomic E-state index is -0.371. The van der Waals surface area contributed by atoms with Gasteiger partial charge in [-0.3, -0.25) is 4.79 Å². The molecule has 0 aliphatic carbocycles. The van der Waals surface area contributed by atoms with Crippen LogP contribution in [0.25, 0.3) is 0 Å². The lowest BCUT2D eigenvalue weighted by Gasteiger charge is -2.23. The van der Waals surface area contributed by atoms with Crippen molar-refractivity contribution in [3.63, 3.8) is 0 Å². The smallest absolute Gasteiger partial charge is 0.227 e. The molecule has 0 saturated heterocycles. The summed E-state index contributed by atoms with van der Waals surface area (Å²) in [5.74, 6) is 0.815. The van der Waals surface area contributed by atoms with Crippen LogP contribution in [0.2, 0.25) is 0 Å². The summed E-state index contributed by atoms with van der Waals surface area (Å²) in [6.07, 6.45) is 0.713. The number of methoxy groups -OCH3 is 3. The van der Waals surface area contributed by atoms with E-state index in [2.05, 4.69) is 27.9 Å². The zero-order chi connectivity index (χ0) is 19.5. The van der Waals surface area contributed by atoms with E-state index in [0.29, 0.717) is 31.1 Å². The van der Waals surface area contributed by atoms with Crippen LogP contribution < -0.4 is 14.8 Å². The largest absolute Gasteiger partial charge is 0.467 e. The zero-order valence-corrected chi connectivity index (χ0v) is 18.2. The summed E-state index contributed by atoms with van der Waals surface area (Å²) in [6, 6.07) is 1.82. The van der Waals surface area contributed by atoms with E-state index < -0.39 is 0 Å². The average Bonchev–Trinajstić information content (AvgIpc) is 2.64. The van der Waals surface area contributed by atoms with Gasteiger partial charge in [0.15, 0.2) is 13.6 Å². The molecule has 148 valence electrons. The standard InChI is InChI=1S/C18H28INO6/c1-6-13-14(25-10-23-4)9-15(26-11-24-5)17(19)16(13)12(2)18(21)20-7-8-22-3/h9,12H,6-8,10-11H2,1-5H3,(H,20,21). The number of rotatable bonds is 12. The number of benzene rings is 1. The van der Waals surface area contributed by atoms with Gasteiger partial charge in [-0.15, -0.1) is 0 Å². The van der Waals surface area contributed by atoms with Crippen molar-refractivity contribution in [1.29, 1.82) is 0 Å². The molecule has 1 N–H and O–H groups in total. The molecule has 1 aromatic rings. The lowest BCUT2D eigenvalue weighted by molar-refractivity contribution is -0.122. The summed E-state index contributed by atoms with van der Waals surface area (Å²) in [5, 5.41) is 2.89. The fourth-order valence-electron chi connectivity index (χ4n) is 2.52. The van der Waals surface area contributed by atoms with Gasteiger partial charge in [0, 0.05) is 33.9 Å². The molecule has 0 heterocycles. The van der Waals surface area contributed by atoms with Crippen molar-refractivity contribution in [2.45, 2.75) is 26.2 Å². The molecule has 1 unspecified atom stereocenters. The molecule has 0 radical (unpaired) electrons. The molecule has 1 atom stereocenters. The van der Waals surface area contributed by atoms with E-state index in [0.717, 1.165) is 14.7 Å². The predicted molar refractivity (Wildman–Crippen MR) is 107 cm³/mol. The van der Waals surface area contributed by atoms with Crippen LogP contribution in [0.4, 0.5) is 0 Å². The first-order chi connectivity index (χ1) is 12.5. The van der Waals surface area contributed by atoms with Gasteiger partial charge in [-0.1, -0.05) is 6.92 Å². The fourth-order valence-corrected chi connectivity index (χ4v) is 3.63. The van der Waals surface area contributed by atoms with Crippen molar-refractivity contribution >= 4 is 28.5 Å². The number of hydrogen-bond donors (Lipinski definition) is 1. The first kappa shape index (κ1) is 22.9. The van der Waals surface area contributed by atoms with Gasteiger partial charge < -0.3 is 29.0 Å². The number of halogens is 1. The van der Waals surface area contributed by atoms with Gasteiger partial charge in [0.2, 0.25) is 5.91 Å². The van der Waals surface area contributed by atoms with Crippen LogP contribution in [-0.4, -0.2) is 54.0 Å². The molecule has 0 bridgehead atoms. The monoisotopic (exact) mass is 481 g/mol. The Bertz CT molecular complexity index is 581. The minimum absolute atomic E-state index is 0.0729. The first-order valence-corrected chi connectivity index (χ1v) is 9.44. The molecule has 0 aliphatic heterocycles. The Morgan fingerprint density at radius 2 is 1.73 bits per heavy atom. The fraction of sp³-hybridized carbons (Fsp3) is 0.611. The quantitative estimate of drug-likeness (QED) is 0.281. The van der Waals surface area contributed by atoms with Gasteiger partial charge in [-0.05, 0) is 47.1 Å². The molecule has 26 heavy (non-hydrogen) atoms. The van der Waals surface area contributed by atoms with Crippen LogP contribution in [0.15, 0.2) is 6.07 Å². The highest BCUT2D eigenvalue weighted by Crippen LogP contribution is 2.39. The molecular formula is C18H28INO6. The molecule has 1 aromatic carbocycles. The maximum atomic E-state index is 12.6. The van der Waals surface area contributed by atoms with E-state index in [1.807, 2.05) is 19.9 Å². The Kier molecular flexibility index (Phi) is 10.9. The normalized spacial score (nSPS) is 11.9. The van der Waals surface area contributed by atoms with Crippen LogP contribution in [0, 0.1) is 3.57 Å². The molecule has 7 nitrogen and oxygen atoms in total. The van der Waals surface area contributed by atoms with Crippen molar-refractivity contribution in [2.75, 3.05) is 48.1 Å². The van der Waals surface area contributed by atoms with E-state index in [9.17, 15) is 4.79 Å². The Balaban J connectivity index is 3.28. The molecule has 0 aromatic heterocycles. The summed E-state index contributed by atoms with van der Waals surface area (Å²) in [6.45, 7) is 5.06. The number of hydrogen-bond acceptors (Lipinski definition) is 6. The van der Waals surface area contributed by atoms with E-state index in [4.69, 9.17) is 23.7 Å². The Labute approximate surface area is 168 Å². The van der Waals surface area contributed by atoms with Crippen molar-refractivity contribution in [3.05, 3.63) is 20.8 Å². The molecular weight excluding hydrogens is 453 g/mol. The van der Waals surface area contributed by atoms with E-state index in [1.54, 1.807) is 21.3 Å². The highest BCUT2D eigenvalue weighted by atomic mass is 127. The summed E-state index contributed by atoms with van der Waals surface area (Å²) in [4.78, 5) is 12.6. The lowest BCUT2D eigenvalue weighted by Crippen LogP contribution is -2.31. The summed E-state index contributed by atoms with van der Waals surface area (Å²) in [7, 11) is 4.72. The van der Waals surface area contributed by atoms with Crippen LogP contribution in [0.5, 0.6) is 11.5 Å². The van der Waals surface area contributed by atoms with Crippen LogP contribution in [0.1, 0.15) is 30.9 Å². The number of carbonyl (C=O) groups is 1. The molecule has 0 saturated carbocycles. The van der Waals surface area contributed by atoms with Gasteiger partial charge in [0.05, 0.1) is 16.1 Å². The van der Waals surface area contributed by atoms with Crippen molar-refractivity contribution in [3.8, 4) is 11.5 Å². The van der Waals surface area contributed by atoms with E-state index in [-0.39, 0.29) is 25.4 Å². The van der Waals surface area contributed by atoms with E-state index in [1.165, 1.54) is 0 Å². The number of amides is 1. The second-order valence-corrected chi connectivity index (χ2v) is 6.62. The zero-order valence-electron chi connectivity index (χ0n) is 16.0. The van der Waals surface area contributed by atoms with Gasteiger partial charge in [0.1, 0.15) is 11.5 Å². The third kappa shape index (κ3) is 6.26. The Morgan fingerprint density at radius 3 is 2.27 bits per heavy atom. The van der Waals surface area contributed by atoms with Crippen molar-refractivity contribution in [1.82, 2.24) is 5.32 Å². The SMILES string of the molecule is CCc1c(OCOC)cc(OCOC)c(I)c1C(C)C(=O)NCCOC. The van der Waals surface area contributed by atoms with Crippen molar-refractivity contribution in [2.24, 2.45) is 0 Å². The number of ether oxygens (including phenoxy) is 5. The number of nitrogens with one attached hydrogen (secondary N) is 1. The number of carbonyl (C=O) groups excluding carboxylic acids is 1. The van der Waals surface area contributed by atoms with Gasteiger partial charge in [0.25, 0.3) is 0 Å². The van der Waals surface area contributed by atoms with Gasteiger partial charge >= 0.3 is 0 Å². The molecule has 0 aliphatic rings. The minimum Gasteiger partial charge on any atom is -0.467 e. The molecule has 0 spiro atoms. The van der Waals surface area contributed by atoms with Gasteiger partial charge in [-0.25, -0.2) is 0 Å². The Morgan fingerprint density at radius 1 is 1.12 bits per heavy atom. The topological polar surface area (TPSA) is 75.2 Å². The van der Waals surface area contributed by atoms with Crippen LogP contribution in [-0.2, 0) is 25.4 Å². The second kappa shape index (κ2) is 12.3. The molecule has 0 fully saturated rings. The summed E-state index contributed by atoms with van der Waals surface area (Å²) >= 11 is 2.21. The van der Waals surface area contributed by atoms with Crippen LogP contribution >= 0.6 is 22.6 Å². The maximum absolute atomic E-state index is 12.6. The molecule has 1 rings (SSSR count). The molecule has 1 amide bonds. The summed E-state index contributed by atoms with van der Waals surface area (Å²) < 4.78 is 27.3. The maximum Gasteiger partial charge on any atom is 0.227 e. The highest BCUT2D eigenvalue weighted by Gasteiger charge is 2.26. The van der Waals surface area contributed by atoms with E-state index >= 15 is 0 Å². The van der Waals surface area contributed by atoms with Crippen molar-refractivity contribution < 1.29 is 28.5 Å². The third-order valence-corrected chi connectivity index (χ3v) is 4.90. The average molecular weight is 481 g/mol. The second-order valence-electron chi connectivity index (χ2n) is 5.54. The molecule has 8 heteroatoms. The lowest BCUT2D eigenvalue weighted by atomic mass is 9.92. The predicted octanol–water partition coefficient (Wildman–Crippen LogP) is 2.69.